The fourth-order valence-electron chi connectivity index (χ4n) is 6.22. The zero-order valence-electron chi connectivity index (χ0n) is 36.8. The molecule has 338 valence electrons. The molecule has 0 aliphatic rings. The van der Waals surface area contributed by atoms with Crippen molar-refractivity contribution in [2.75, 3.05) is 26.4 Å². The van der Waals surface area contributed by atoms with E-state index in [2.05, 4.69) is 62.5 Å². The second-order valence-electron chi connectivity index (χ2n) is 15.4. The van der Waals surface area contributed by atoms with Crippen molar-refractivity contribution in [1.29, 1.82) is 0 Å². The summed E-state index contributed by atoms with van der Waals surface area (Å²) in [5.41, 5.74) is 0. The largest absolute Gasteiger partial charge is 0.472 e. The second-order valence-corrected chi connectivity index (χ2v) is 16.9. The van der Waals surface area contributed by atoms with E-state index < -0.39 is 51.8 Å². The second kappa shape index (κ2) is 43.0. The van der Waals surface area contributed by atoms with Crippen LogP contribution in [0.2, 0.25) is 0 Å². The van der Waals surface area contributed by atoms with Crippen LogP contribution in [0.15, 0.2) is 48.6 Å². The molecule has 0 radical (unpaired) electrons. The average Bonchev–Trinajstić information content (AvgIpc) is 3.21. The molecule has 0 rings (SSSR count). The first kappa shape index (κ1) is 55.9. The Kier molecular flexibility index (Phi) is 41.5. The van der Waals surface area contributed by atoms with Crippen molar-refractivity contribution in [3.05, 3.63) is 48.6 Å². The van der Waals surface area contributed by atoms with Crippen molar-refractivity contribution in [2.45, 2.75) is 212 Å². The lowest BCUT2D eigenvalue weighted by Gasteiger charge is -2.20. The van der Waals surface area contributed by atoms with Crippen molar-refractivity contribution in [3.63, 3.8) is 0 Å². The average molecular weight is 841 g/mol. The zero-order valence-corrected chi connectivity index (χ0v) is 37.6. The Morgan fingerprint density at radius 1 is 0.534 bits per heavy atom. The molecule has 0 bridgehead atoms. The quantitative estimate of drug-likeness (QED) is 0.0234. The van der Waals surface area contributed by atoms with Gasteiger partial charge in [0.1, 0.15) is 12.7 Å². The van der Waals surface area contributed by atoms with Gasteiger partial charge in [-0.1, -0.05) is 184 Å². The van der Waals surface area contributed by atoms with E-state index in [1.54, 1.807) is 0 Å². The summed E-state index contributed by atoms with van der Waals surface area (Å²) in [6.45, 7) is 2.27. The van der Waals surface area contributed by atoms with Crippen molar-refractivity contribution < 1.29 is 47.8 Å². The highest BCUT2D eigenvalue weighted by molar-refractivity contribution is 7.47. The summed E-state index contributed by atoms with van der Waals surface area (Å²) in [5.74, 6) is -0.926. The van der Waals surface area contributed by atoms with Gasteiger partial charge in [-0.25, -0.2) is 4.57 Å². The van der Waals surface area contributed by atoms with E-state index in [0.29, 0.717) is 12.8 Å². The van der Waals surface area contributed by atoms with Gasteiger partial charge in [-0.3, -0.25) is 18.6 Å². The molecular weight excluding hydrogens is 755 g/mol. The molecule has 0 aromatic rings. The SMILES string of the molecule is CC/C=C\C/C=C\C/C=C\C/C=C\CCCCCCCCCCCCC(=O)OC(COC(=O)CCCCCCCCCCCCCC)COP(=O)(O)OCC(O)CO. The number of aliphatic hydroxyl groups excluding tert-OH is 2. The Balaban J connectivity index is 4.20. The summed E-state index contributed by atoms with van der Waals surface area (Å²) in [5, 5.41) is 18.3. The Hall–Kier alpha value is -2.07. The number of ether oxygens (including phenoxy) is 2. The molecule has 3 unspecified atom stereocenters. The highest BCUT2D eigenvalue weighted by atomic mass is 31.2. The number of phosphoric acid groups is 1. The molecule has 10 nitrogen and oxygen atoms in total. The van der Waals surface area contributed by atoms with Crippen LogP contribution in [0.4, 0.5) is 0 Å². The molecule has 11 heteroatoms. The number of carbonyl (C=O) groups excluding carboxylic acids is 2. The molecular formula is C47H85O10P. The lowest BCUT2D eigenvalue weighted by atomic mass is 10.0. The van der Waals surface area contributed by atoms with Crippen molar-refractivity contribution in [1.82, 2.24) is 0 Å². The molecule has 3 N–H and O–H groups in total. The normalized spacial score (nSPS) is 14.2. The number of hydrogen-bond donors (Lipinski definition) is 3. The van der Waals surface area contributed by atoms with E-state index in [9.17, 15) is 24.2 Å². The third-order valence-electron chi connectivity index (χ3n) is 9.75. The molecule has 0 aromatic heterocycles. The first-order chi connectivity index (χ1) is 28.2. The maximum atomic E-state index is 12.6. The Labute approximate surface area is 353 Å². The molecule has 0 amide bonds. The van der Waals surface area contributed by atoms with Crippen LogP contribution in [-0.2, 0) is 32.7 Å². The molecule has 58 heavy (non-hydrogen) atoms. The van der Waals surface area contributed by atoms with Crippen LogP contribution in [0.5, 0.6) is 0 Å². The van der Waals surface area contributed by atoms with Gasteiger partial charge >= 0.3 is 19.8 Å². The van der Waals surface area contributed by atoms with Crippen LogP contribution >= 0.6 is 7.82 Å². The van der Waals surface area contributed by atoms with Gasteiger partial charge in [0.25, 0.3) is 0 Å². The fourth-order valence-corrected chi connectivity index (χ4v) is 7.01. The Morgan fingerprint density at radius 3 is 1.43 bits per heavy atom. The minimum absolute atomic E-state index is 0.179. The topological polar surface area (TPSA) is 149 Å². The van der Waals surface area contributed by atoms with Gasteiger partial charge in [0.2, 0.25) is 0 Å². The monoisotopic (exact) mass is 841 g/mol. The van der Waals surface area contributed by atoms with Crippen molar-refractivity contribution in [2.24, 2.45) is 0 Å². The maximum absolute atomic E-state index is 12.6. The lowest BCUT2D eigenvalue weighted by molar-refractivity contribution is -0.161. The number of aliphatic hydroxyl groups is 2. The number of hydrogen-bond acceptors (Lipinski definition) is 9. The number of phosphoric ester groups is 1. The van der Waals surface area contributed by atoms with Gasteiger partial charge in [0.05, 0.1) is 19.8 Å². The van der Waals surface area contributed by atoms with Crippen LogP contribution in [0.25, 0.3) is 0 Å². The van der Waals surface area contributed by atoms with Gasteiger partial charge in [-0.15, -0.1) is 0 Å². The highest BCUT2D eigenvalue weighted by Gasteiger charge is 2.27. The third kappa shape index (κ3) is 42.1. The van der Waals surface area contributed by atoms with E-state index in [1.165, 1.54) is 89.9 Å². The van der Waals surface area contributed by atoms with Gasteiger partial charge in [-0.2, -0.15) is 0 Å². The van der Waals surface area contributed by atoms with Crippen LogP contribution in [-0.4, -0.2) is 65.7 Å². The minimum atomic E-state index is -4.62. The molecule has 0 aliphatic heterocycles. The smallest absolute Gasteiger partial charge is 0.462 e. The number of unbranched alkanes of at least 4 members (excludes halogenated alkanes) is 21. The number of rotatable bonds is 43. The number of allylic oxidation sites excluding steroid dienone is 8. The van der Waals surface area contributed by atoms with Crippen LogP contribution in [0.3, 0.4) is 0 Å². The summed E-state index contributed by atoms with van der Waals surface area (Å²) < 4.78 is 32.7. The molecule has 0 spiro atoms. The standard InChI is InChI=1S/C47H85O10P/c1-3-5-7-9-11-13-15-17-18-19-20-21-22-23-24-25-26-27-29-31-33-35-37-39-47(51)57-45(43-56-58(52,53)55-41-44(49)40-48)42-54-46(50)38-36-34-32-30-28-16-14-12-10-8-6-4-2/h5,7,11,13,17-18,20-21,44-45,48-49H,3-4,6,8-10,12,14-16,19,22-43H2,1-2H3,(H,52,53)/b7-5-,13-11-,18-17-,21-20-. The van der Waals surface area contributed by atoms with Crippen molar-refractivity contribution >= 4 is 19.8 Å². The van der Waals surface area contributed by atoms with E-state index in [-0.39, 0.29) is 19.4 Å². The molecule has 0 saturated heterocycles. The van der Waals surface area contributed by atoms with E-state index in [1.807, 2.05) is 0 Å². The van der Waals surface area contributed by atoms with Gasteiger partial charge in [0, 0.05) is 12.8 Å². The molecule has 0 fully saturated rings. The maximum Gasteiger partial charge on any atom is 0.472 e. The molecule has 0 saturated carbocycles. The van der Waals surface area contributed by atoms with Crippen LogP contribution < -0.4 is 0 Å². The van der Waals surface area contributed by atoms with Crippen LogP contribution in [0, 0.1) is 0 Å². The Morgan fingerprint density at radius 2 is 0.948 bits per heavy atom. The molecule has 3 atom stereocenters. The predicted octanol–water partition coefficient (Wildman–Crippen LogP) is 12.5. The summed E-state index contributed by atoms with van der Waals surface area (Å²) in [7, 11) is -4.62. The van der Waals surface area contributed by atoms with Gasteiger partial charge in [0.15, 0.2) is 6.10 Å². The summed E-state index contributed by atoms with van der Waals surface area (Å²) >= 11 is 0. The lowest BCUT2D eigenvalue weighted by Crippen LogP contribution is -2.29. The zero-order chi connectivity index (χ0) is 42.6. The van der Waals surface area contributed by atoms with Gasteiger partial charge < -0.3 is 24.6 Å². The minimum Gasteiger partial charge on any atom is -0.462 e. The van der Waals surface area contributed by atoms with E-state index in [0.717, 1.165) is 70.6 Å². The van der Waals surface area contributed by atoms with E-state index >= 15 is 0 Å². The summed E-state index contributed by atoms with van der Waals surface area (Å²) in [6.07, 6.45) is 46.5. The number of carbonyl (C=O) groups is 2. The van der Waals surface area contributed by atoms with Crippen LogP contribution in [0.1, 0.15) is 200 Å². The summed E-state index contributed by atoms with van der Waals surface area (Å²) in [4.78, 5) is 35.0. The highest BCUT2D eigenvalue weighted by Crippen LogP contribution is 2.43. The molecule has 0 heterocycles. The van der Waals surface area contributed by atoms with Crippen molar-refractivity contribution in [3.8, 4) is 0 Å². The first-order valence-electron chi connectivity index (χ1n) is 23.1. The first-order valence-corrected chi connectivity index (χ1v) is 24.6. The fraction of sp³-hybridized carbons (Fsp3) is 0.787. The number of esters is 2. The van der Waals surface area contributed by atoms with Gasteiger partial charge in [-0.05, 0) is 51.4 Å². The summed E-state index contributed by atoms with van der Waals surface area (Å²) in [6, 6.07) is 0. The predicted molar refractivity (Wildman–Crippen MR) is 237 cm³/mol. The third-order valence-corrected chi connectivity index (χ3v) is 10.7. The Bertz CT molecular complexity index is 1110. The van der Waals surface area contributed by atoms with E-state index in [4.69, 9.17) is 23.6 Å². The molecule has 0 aromatic carbocycles. The molecule has 0 aliphatic carbocycles.